The van der Waals surface area contributed by atoms with Crippen molar-refractivity contribution in [3.63, 3.8) is 0 Å². The van der Waals surface area contributed by atoms with Gasteiger partial charge in [-0.1, -0.05) is 0 Å². The molecule has 118 valence electrons. The lowest BCUT2D eigenvalue weighted by Crippen LogP contribution is -2.47. The number of hydrogen-bond donors (Lipinski definition) is 0. The smallest absolute Gasteiger partial charge is 0.0949 e. The van der Waals surface area contributed by atoms with Crippen LogP contribution >= 0.6 is 11.3 Å². The molecular weight excluding hydrogens is 294 g/mol. The molecule has 1 spiro atoms. The monoisotopic (exact) mass is 317 g/mol. The van der Waals surface area contributed by atoms with Gasteiger partial charge >= 0.3 is 0 Å². The van der Waals surface area contributed by atoms with Crippen LogP contribution in [-0.2, 0) is 11.3 Å². The molecular formula is C17H23N3OS. The molecule has 4 rings (SSSR count). The van der Waals surface area contributed by atoms with Crippen LogP contribution < -0.4 is 0 Å². The second-order valence-corrected chi connectivity index (χ2v) is 8.06. The molecule has 0 unspecified atom stereocenters. The number of ether oxygens (including phenoxy) is 1. The normalized spacial score (nSPS) is 29.4. The Balaban J connectivity index is 1.42. The van der Waals surface area contributed by atoms with E-state index in [1.807, 2.05) is 23.9 Å². The predicted molar refractivity (Wildman–Crippen MR) is 88.1 cm³/mol. The van der Waals surface area contributed by atoms with E-state index >= 15 is 0 Å². The Morgan fingerprint density at radius 1 is 1.45 bits per heavy atom. The van der Waals surface area contributed by atoms with Crippen molar-refractivity contribution in [2.45, 2.75) is 44.4 Å². The fourth-order valence-electron chi connectivity index (χ4n) is 3.90. The summed E-state index contributed by atoms with van der Waals surface area (Å²) in [5.41, 5.74) is 0.0551. The fourth-order valence-corrected chi connectivity index (χ4v) is 4.83. The van der Waals surface area contributed by atoms with Crippen molar-refractivity contribution in [3.8, 4) is 0 Å². The van der Waals surface area contributed by atoms with E-state index in [-0.39, 0.29) is 5.60 Å². The van der Waals surface area contributed by atoms with Crippen LogP contribution in [0.5, 0.6) is 0 Å². The molecule has 0 N–H and O–H groups in total. The molecule has 2 aliphatic rings. The van der Waals surface area contributed by atoms with Gasteiger partial charge in [0.2, 0.25) is 0 Å². The van der Waals surface area contributed by atoms with Gasteiger partial charge in [-0.3, -0.25) is 4.90 Å². The average Bonchev–Trinajstić information content (AvgIpc) is 3.21. The minimum atomic E-state index is 0.0551. The summed E-state index contributed by atoms with van der Waals surface area (Å²) in [4.78, 5) is 9.62. The van der Waals surface area contributed by atoms with Crippen molar-refractivity contribution >= 4 is 11.3 Å². The first-order valence-electron chi connectivity index (χ1n) is 8.12. The predicted octanol–water partition coefficient (Wildman–Crippen LogP) is 3.25. The molecule has 0 radical (unpaired) electrons. The Morgan fingerprint density at radius 3 is 3.18 bits per heavy atom. The zero-order valence-electron chi connectivity index (χ0n) is 13.1. The summed E-state index contributed by atoms with van der Waals surface area (Å²) in [5, 5.41) is 0. The van der Waals surface area contributed by atoms with E-state index in [0.29, 0.717) is 6.04 Å². The Morgan fingerprint density at radius 2 is 2.41 bits per heavy atom. The number of imidazole rings is 1. The lowest BCUT2D eigenvalue weighted by molar-refractivity contribution is -0.0532. The minimum absolute atomic E-state index is 0.0551. The van der Waals surface area contributed by atoms with Crippen LogP contribution in [0.3, 0.4) is 0 Å². The zero-order valence-corrected chi connectivity index (χ0v) is 13.9. The molecule has 4 nitrogen and oxygen atoms in total. The Kier molecular flexibility index (Phi) is 3.80. The van der Waals surface area contributed by atoms with Gasteiger partial charge in [0, 0.05) is 41.7 Å². The molecule has 4 heterocycles. The van der Waals surface area contributed by atoms with Crippen LogP contribution in [0, 0.1) is 6.92 Å². The van der Waals surface area contributed by atoms with Gasteiger partial charge in [0.25, 0.3) is 0 Å². The van der Waals surface area contributed by atoms with Gasteiger partial charge in [-0.25, -0.2) is 4.98 Å². The second-order valence-electron chi connectivity index (χ2n) is 6.69. The summed E-state index contributed by atoms with van der Waals surface area (Å²) in [6.45, 7) is 6.33. The molecule has 0 bridgehead atoms. The third-order valence-electron chi connectivity index (χ3n) is 4.93. The maximum Gasteiger partial charge on any atom is 0.0949 e. The van der Waals surface area contributed by atoms with E-state index in [0.717, 1.165) is 26.1 Å². The van der Waals surface area contributed by atoms with Gasteiger partial charge in [-0.15, -0.1) is 11.3 Å². The van der Waals surface area contributed by atoms with Gasteiger partial charge in [0.1, 0.15) is 0 Å². The molecule has 2 saturated heterocycles. The first-order chi connectivity index (χ1) is 10.7. The van der Waals surface area contributed by atoms with E-state index in [1.54, 1.807) is 0 Å². The first kappa shape index (κ1) is 14.4. The van der Waals surface area contributed by atoms with Crippen molar-refractivity contribution < 1.29 is 4.74 Å². The van der Waals surface area contributed by atoms with Gasteiger partial charge in [-0.05, 0) is 38.4 Å². The molecule has 2 atom stereocenters. The number of likely N-dealkylation sites (tertiary alicyclic amines) is 1. The zero-order chi connectivity index (χ0) is 15.0. The number of nitrogens with zero attached hydrogens (tertiary/aromatic N) is 3. The summed E-state index contributed by atoms with van der Waals surface area (Å²) >= 11 is 1.92. The van der Waals surface area contributed by atoms with E-state index in [2.05, 4.69) is 39.7 Å². The number of piperidine rings is 1. The number of rotatable bonds is 3. The SMILES string of the molecule is Cc1ccc(CN2CCC[C@]3(C[C@H](n4ccnc4)CO3)C2)s1. The van der Waals surface area contributed by atoms with Crippen LogP contribution in [0.15, 0.2) is 30.9 Å². The molecule has 2 aromatic rings. The highest BCUT2D eigenvalue weighted by atomic mass is 32.1. The summed E-state index contributed by atoms with van der Waals surface area (Å²) in [6.07, 6.45) is 9.38. The fraction of sp³-hybridized carbons (Fsp3) is 0.588. The molecule has 0 aliphatic carbocycles. The number of thiophene rings is 1. The first-order valence-corrected chi connectivity index (χ1v) is 8.93. The van der Waals surface area contributed by atoms with Crippen molar-refractivity contribution in [3.05, 3.63) is 40.6 Å². The second kappa shape index (κ2) is 5.80. The van der Waals surface area contributed by atoms with Gasteiger partial charge in [-0.2, -0.15) is 0 Å². The molecule has 0 aromatic carbocycles. The van der Waals surface area contributed by atoms with Crippen LogP contribution in [0.25, 0.3) is 0 Å². The van der Waals surface area contributed by atoms with Crippen molar-refractivity contribution in [2.24, 2.45) is 0 Å². The van der Waals surface area contributed by atoms with E-state index in [4.69, 9.17) is 4.74 Å². The van der Waals surface area contributed by atoms with Crippen LogP contribution in [0.1, 0.15) is 35.1 Å². The Bertz CT molecular complexity index is 624. The lowest BCUT2D eigenvalue weighted by Gasteiger charge is -2.39. The quantitative estimate of drug-likeness (QED) is 0.870. The van der Waals surface area contributed by atoms with E-state index < -0.39 is 0 Å². The van der Waals surface area contributed by atoms with Crippen LogP contribution in [-0.4, -0.2) is 39.7 Å². The van der Waals surface area contributed by atoms with Gasteiger partial charge < -0.3 is 9.30 Å². The molecule has 22 heavy (non-hydrogen) atoms. The molecule has 0 saturated carbocycles. The maximum absolute atomic E-state index is 6.30. The average molecular weight is 317 g/mol. The minimum Gasteiger partial charge on any atom is -0.371 e. The third-order valence-corrected chi connectivity index (χ3v) is 5.92. The molecule has 2 fully saturated rings. The van der Waals surface area contributed by atoms with Crippen LogP contribution in [0.2, 0.25) is 0 Å². The van der Waals surface area contributed by atoms with Crippen molar-refractivity contribution in [2.75, 3.05) is 19.7 Å². The number of hydrogen-bond acceptors (Lipinski definition) is 4. The Hall–Kier alpha value is -1.17. The standard InChI is InChI=1S/C17H23N3OS/c1-14-3-4-16(22-14)10-19-7-2-5-17(12-19)9-15(11-21-17)20-8-6-18-13-20/h3-4,6,8,13,15H,2,5,7,9-12H2,1H3/t15-,17-/m0/s1. The van der Waals surface area contributed by atoms with E-state index in [9.17, 15) is 0 Å². The highest BCUT2D eigenvalue weighted by molar-refractivity contribution is 7.11. The third kappa shape index (κ3) is 2.85. The van der Waals surface area contributed by atoms with Crippen LogP contribution in [0.4, 0.5) is 0 Å². The summed E-state index contributed by atoms with van der Waals surface area (Å²) in [5.74, 6) is 0. The summed E-state index contributed by atoms with van der Waals surface area (Å²) < 4.78 is 8.51. The number of aryl methyl sites for hydroxylation is 1. The highest BCUT2D eigenvalue weighted by Gasteiger charge is 2.43. The molecule has 2 aliphatic heterocycles. The van der Waals surface area contributed by atoms with Crippen molar-refractivity contribution in [1.82, 2.24) is 14.5 Å². The van der Waals surface area contributed by atoms with Gasteiger partial charge in [0.05, 0.1) is 24.6 Å². The largest absolute Gasteiger partial charge is 0.371 e. The van der Waals surface area contributed by atoms with Crippen molar-refractivity contribution in [1.29, 1.82) is 0 Å². The molecule has 2 aromatic heterocycles. The van der Waals surface area contributed by atoms with E-state index in [1.165, 1.54) is 29.1 Å². The maximum atomic E-state index is 6.30. The lowest BCUT2D eigenvalue weighted by atomic mass is 9.88. The highest BCUT2D eigenvalue weighted by Crippen LogP contribution is 2.39. The summed E-state index contributed by atoms with van der Waals surface area (Å²) in [6, 6.07) is 4.94. The van der Waals surface area contributed by atoms with Gasteiger partial charge in [0.15, 0.2) is 0 Å². The Labute approximate surface area is 135 Å². The summed E-state index contributed by atoms with van der Waals surface area (Å²) in [7, 11) is 0. The topological polar surface area (TPSA) is 30.3 Å². The number of aromatic nitrogens is 2. The molecule has 5 heteroatoms. The molecule has 0 amide bonds.